The molecule has 9 N–H and O–H groups in total. The highest BCUT2D eigenvalue weighted by atomic mass is 79.9. The van der Waals surface area contributed by atoms with Crippen molar-refractivity contribution in [2.24, 2.45) is 5.73 Å². The van der Waals surface area contributed by atoms with Gasteiger partial charge in [0, 0.05) is 6.07 Å². The SMILES string of the molecule is CCN(CC)CC.NC(=O)c1ccc[n+]([C@@H]2O[C@H](COP(=O)([O-])OP(=O)(O)OC[C@H]3O[C@@H](n4c(Br)cc5c(N)ncnc54)[C@H](O)[C@@H]3O)[C@@H](O)[C@H]2O)c1. The Morgan fingerprint density at radius 3 is 2.27 bits per heavy atom. The minimum atomic E-state index is -5.62. The normalized spacial score (nSPS) is 28.4. The van der Waals surface area contributed by atoms with Gasteiger partial charge in [0.25, 0.3) is 20.0 Å². The number of pyridine rings is 1. The Morgan fingerprint density at radius 2 is 1.65 bits per heavy atom. The highest BCUT2D eigenvalue weighted by molar-refractivity contribution is 9.10. The molecule has 0 spiro atoms. The molecule has 2 saturated heterocycles. The number of rotatable bonds is 14. The molecule has 1 amide bonds. The minimum absolute atomic E-state index is 0.0602. The Balaban J connectivity index is 0.000000785. The second kappa shape index (κ2) is 17.8. The van der Waals surface area contributed by atoms with E-state index in [1.807, 2.05) is 0 Å². The lowest BCUT2D eigenvalue weighted by Crippen LogP contribution is -2.46. The molecule has 2 unspecified atom stereocenters. The third-order valence-corrected chi connectivity index (χ3v) is 11.5. The van der Waals surface area contributed by atoms with E-state index in [0.29, 0.717) is 9.99 Å². The van der Waals surface area contributed by atoms with E-state index in [2.05, 4.69) is 60.4 Å². The number of nitrogens with zero attached hydrogens (tertiary/aromatic N) is 5. The van der Waals surface area contributed by atoms with Crippen LogP contribution in [-0.4, -0.2) is 120 Å². The number of halogens is 1. The number of ether oxygens (including phenoxy) is 2. The second-order valence-electron chi connectivity index (χ2n) is 11.5. The van der Waals surface area contributed by atoms with Gasteiger partial charge < -0.3 is 60.6 Å². The van der Waals surface area contributed by atoms with E-state index in [-0.39, 0.29) is 17.0 Å². The molecule has 21 nitrogen and oxygen atoms in total. The minimum Gasteiger partial charge on any atom is -0.756 e. The number of hydrogen-bond donors (Lipinski definition) is 7. The number of amides is 1. The van der Waals surface area contributed by atoms with Crippen molar-refractivity contribution in [1.29, 1.82) is 0 Å². The summed E-state index contributed by atoms with van der Waals surface area (Å²) in [4.78, 5) is 44.2. The van der Waals surface area contributed by atoms with Gasteiger partial charge in [0.1, 0.15) is 53.9 Å². The van der Waals surface area contributed by atoms with E-state index >= 15 is 0 Å². The first kappa shape index (κ1) is 42.2. The molecule has 0 radical (unpaired) electrons. The number of anilines is 1. The lowest BCUT2D eigenvalue weighted by molar-refractivity contribution is -0.765. The van der Waals surface area contributed by atoms with Crippen molar-refractivity contribution in [3.05, 3.63) is 47.1 Å². The predicted octanol–water partition coefficient (Wildman–Crippen LogP) is -0.932. The van der Waals surface area contributed by atoms with Crippen LogP contribution in [0.1, 0.15) is 43.6 Å². The van der Waals surface area contributed by atoms with Gasteiger partial charge in [0.2, 0.25) is 0 Å². The summed E-state index contributed by atoms with van der Waals surface area (Å²) in [7, 11) is -11.1. The van der Waals surface area contributed by atoms with Crippen LogP contribution in [0.5, 0.6) is 0 Å². The van der Waals surface area contributed by atoms with Crippen molar-refractivity contribution in [2.45, 2.75) is 69.9 Å². The zero-order chi connectivity index (χ0) is 38.5. The van der Waals surface area contributed by atoms with Gasteiger partial charge in [-0.2, -0.15) is 4.57 Å². The van der Waals surface area contributed by atoms with Crippen LogP contribution in [0, 0.1) is 0 Å². The fraction of sp³-hybridized carbons (Fsp3) is 0.571. The average molecular weight is 843 g/mol. The molecule has 5 rings (SSSR count). The molecule has 3 aromatic heterocycles. The van der Waals surface area contributed by atoms with Gasteiger partial charge in [-0.05, 0) is 47.7 Å². The number of aliphatic hydroxyl groups is 4. The summed E-state index contributed by atoms with van der Waals surface area (Å²) in [5.41, 5.74) is 11.4. The van der Waals surface area contributed by atoms with Crippen LogP contribution in [-0.2, 0) is 32.0 Å². The van der Waals surface area contributed by atoms with Gasteiger partial charge in [-0.1, -0.05) is 20.8 Å². The predicted molar refractivity (Wildman–Crippen MR) is 181 cm³/mol. The first-order valence-corrected chi connectivity index (χ1v) is 19.7. The third kappa shape index (κ3) is 9.97. The molecule has 0 aliphatic carbocycles. The van der Waals surface area contributed by atoms with Gasteiger partial charge in [-0.15, -0.1) is 0 Å². The molecule has 10 atom stereocenters. The number of carbonyl (C=O) groups is 1. The summed E-state index contributed by atoms with van der Waals surface area (Å²) in [5, 5.41) is 42.2. The number of hydrogen-bond acceptors (Lipinski definition) is 17. The van der Waals surface area contributed by atoms with Crippen molar-refractivity contribution >= 4 is 54.3 Å². The number of phosphoric ester groups is 2. The maximum atomic E-state index is 12.4. The lowest BCUT2D eigenvalue weighted by Gasteiger charge is -2.26. The molecule has 2 aliphatic rings. The fourth-order valence-corrected chi connectivity index (χ4v) is 8.08. The largest absolute Gasteiger partial charge is 0.756 e. The molecule has 0 saturated carbocycles. The summed E-state index contributed by atoms with van der Waals surface area (Å²) in [5.74, 6) is -0.639. The van der Waals surface area contributed by atoms with Crippen LogP contribution in [0.25, 0.3) is 11.0 Å². The molecule has 5 heterocycles. The van der Waals surface area contributed by atoms with E-state index in [4.69, 9.17) is 25.5 Å². The lowest BCUT2D eigenvalue weighted by atomic mass is 10.1. The number of primary amides is 1. The van der Waals surface area contributed by atoms with E-state index in [0.717, 1.165) is 0 Å². The van der Waals surface area contributed by atoms with E-state index in [1.54, 1.807) is 6.07 Å². The third-order valence-electron chi connectivity index (χ3n) is 8.29. The van der Waals surface area contributed by atoms with Gasteiger partial charge >= 0.3 is 7.82 Å². The topological polar surface area (TPSA) is 311 Å². The van der Waals surface area contributed by atoms with Crippen molar-refractivity contribution in [3.8, 4) is 0 Å². The Labute approximate surface area is 306 Å². The number of aromatic nitrogens is 4. The number of aliphatic hydroxyl groups excluding tert-OH is 4. The maximum Gasteiger partial charge on any atom is 0.478 e. The Morgan fingerprint density at radius 1 is 1.04 bits per heavy atom. The van der Waals surface area contributed by atoms with Crippen molar-refractivity contribution < 1.29 is 71.5 Å². The van der Waals surface area contributed by atoms with Crippen LogP contribution >= 0.6 is 31.6 Å². The molecule has 290 valence electrons. The van der Waals surface area contributed by atoms with Crippen molar-refractivity contribution in [3.63, 3.8) is 0 Å². The van der Waals surface area contributed by atoms with Crippen LogP contribution in [0.15, 0.2) is 41.5 Å². The van der Waals surface area contributed by atoms with Crippen LogP contribution in [0.3, 0.4) is 0 Å². The molecule has 3 aromatic rings. The molecule has 0 aromatic carbocycles. The van der Waals surface area contributed by atoms with E-state index in [1.165, 1.54) is 59.6 Å². The monoisotopic (exact) mass is 841 g/mol. The molecular weight excluding hydrogens is 800 g/mol. The van der Waals surface area contributed by atoms with Crippen molar-refractivity contribution in [2.75, 3.05) is 38.6 Å². The standard InChI is InChI=1S/C22H27BrN6O14P2.C6H15N/c23-13-4-10-18(24)26-8-27-20(10)29(13)22-17(33)15(31)12(42-22)7-40-45(37,38)43-44(35,36)39-6-11-14(30)16(32)21(41-11)28-3-1-2-9(5-28)19(25)34;1-4-7(5-2)6-3/h1-5,8,11-12,14-17,21-22,30-33H,6-7H2,(H5-,24,25,26,27,34,35,36,37,38);4-6H2,1-3H3/t11-,12-,14-,15-,16-,17-,21-,22-;/m1./s1. The van der Waals surface area contributed by atoms with Gasteiger partial charge in [-0.3, -0.25) is 18.5 Å². The van der Waals surface area contributed by atoms with E-state index < -0.39 is 83.8 Å². The smallest absolute Gasteiger partial charge is 0.478 e. The summed E-state index contributed by atoms with van der Waals surface area (Å²) >= 11 is 3.29. The summed E-state index contributed by atoms with van der Waals surface area (Å²) in [6, 6.07) is 4.37. The number of phosphoric acid groups is 2. The Kier molecular flexibility index (Phi) is 14.4. The Hall–Kier alpha value is -2.50. The number of fused-ring (bicyclic) bond motifs is 1. The highest BCUT2D eigenvalue weighted by Gasteiger charge is 2.49. The average Bonchev–Trinajstić information content (AvgIpc) is 3.69. The summed E-state index contributed by atoms with van der Waals surface area (Å²) < 4.78 is 52.3. The first-order chi connectivity index (χ1) is 24.4. The number of nitrogens with two attached hydrogens (primary N) is 2. The molecule has 24 heteroatoms. The molecule has 2 fully saturated rings. The zero-order valence-electron chi connectivity index (χ0n) is 28.2. The highest BCUT2D eigenvalue weighted by Crippen LogP contribution is 2.58. The Bertz CT molecular complexity index is 1780. The van der Waals surface area contributed by atoms with E-state index in [9.17, 15) is 44.1 Å². The zero-order valence-corrected chi connectivity index (χ0v) is 31.6. The maximum absolute atomic E-state index is 12.4. The summed E-state index contributed by atoms with van der Waals surface area (Å²) in [6.45, 7) is 8.24. The second-order valence-corrected chi connectivity index (χ2v) is 15.4. The summed E-state index contributed by atoms with van der Waals surface area (Å²) in [6.07, 6.45) is -8.22. The molecule has 2 aliphatic heterocycles. The van der Waals surface area contributed by atoms with Crippen LogP contribution in [0.4, 0.5) is 5.82 Å². The molecular formula is C28H42BrN7O14P2. The number of carbonyl (C=O) groups excluding carboxylic acids is 1. The van der Waals surface area contributed by atoms with Crippen LogP contribution in [0.2, 0.25) is 0 Å². The quantitative estimate of drug-likeness (QED) is 0.0761. The molecule has 52 heavy (non-hydrogen) atoms. The van der Waals surface area contributed by atoms with Crippen LogP contribution < -0.4 is 20.9 Å². The first-order valence-electron chi connectivity index (χ1n) is 15.9. The fourth-order valence-electron chi connectivity index (χ4n) is 5.43. The number of nitrogen functional groups attached to an aromatic ring is 1. The van der Waals surface area contributed by atoms with Gasteiger partial charge in [-0.25, -0.2) is 18.8 Å². The van der Waals surface area contributed by atoms with Gasteiger partial charge in [0.15, 0.2) is 24.7 Å². The molecule has 0 bridgehead atoms. The van der Waals surface area contributed by atoms with Crippen molar-refractivity contribution in [1.82, 2.24) is 19.4 Å². The van der Waals surface area contributed by atoms with Gasteiger partial charge in [0.05, 0.1) is 23.2 Å².